The van der Waals surface area contributed by atoms with Gasteiger partial charge >= 0.3 is 0 Å². The van der Waals surface area contributed by atoms with E-state index in [2.05, 4.69) is 22.5 Å². The second-order valence-electron chi connectivity index (χ2n) is 5.49. The molecule has 6 heteroatoms. The fourth-order valence-electron chi connectivity index (χ4n) is 2.42. The normalized spacial score (nSPS) is 16.0. The number of carbonyl (C=O) groups is 1. The van der Waals surface area contributed by atoms with Crippen LogP contribution in [0.25, 0.3) is 0 Å². The van der Waals surface area contributed by atoms with E-state index in [1.165, 1.54) is 0 Å². The lowest BCUT2D eigenvalue weighted by Crippen LogP contribution is -2.40. The third kappa shape index (κ3) is 5.85. The average Bonchev–Trinajstić information content (AvgIpc) is 2.92. The first-order chi connectivity index (χ1) is 10.3. The highest BCUT2D eigenvalue weighted by Crippen LogP contribution is 2.06. The van der Waals surface area contributed by atoms with E-state index in [-0.39, 0.29) is 11.9 Å². The van der Waals surface area contributed by atoms with Gasteiger partial charge in [-0.05, 0) is 25.8 Å². The quantitative estimate of drug-likeness (QED) is 0.693. The first-order valence-electron chi connectivity index (χ1n) is 7.86. The molecule has 1 saturated heterocycles. The first-order valence-corrected chi connectivity index (χ1v) is 7.86. The highest BCUT2D eigenvalue weighted by atomic mass is 16.5. The summed E-state index contributed by atoms with van der Waals surface area (Å²) in [6.07, 6.45) is 7.54. The minimum absolute atomic E-state index is 0.0509. The van der Waals surface area contributed by atoms with Gasteiger partial charge in [-0.1, -0.05) is 6.92 Å². The molecule has 0 bridgehead atoms. The largest absolute Gasteiger partial charge is 0.381 e. The summed E-state index contributed by atoms with van der Waals surface area (Å²) in [5.41, 5.74) is 1.03. The Morgan fingerprint density at radius 3 is 3.00 bits per heavy atom. The van der Waals surface area contributed by atoms with Crippen LogP contribution in [-0.4, -0.2) is 47.8 Å². The number of hydrogen-bond donors (Lipinski definition) is 2. The van der Waals surface area contributed by atoms with E-state index in [0.717, 1.165) is 57.7 Å². The molecule has 0 atom stereocenters. The minimum atomic E-state index is 0.0509. The van der Waals surface area contributed by atoms with E-state index in [0.29, 0.717) is 6.54 Å². The van der Waals surface area contributed by atoms with Crippen LogP contribution >= 0.6 is 0 Å². The molecule has 0 aromatic carbocycles. The van der Waals surface area contributed by atoms with Crippen molar-refractivity contribution in [2.45, 2.75) is 45.2 Å². The molecule has 21 heavy (non-hydrogen) atoms. The second-order valence-corrected chi connectivity index (χ2v) is 5.49. The van der Waals surface area contributed by atoms with Gasteiger partial charge < -0.3 is 19.9 Å². The van der Waals surface area contributed by atoms with Crippen molar-refractivity contribution >= 4 is 5.91 Å². The summed E-state index contributed by atoms with van der Waals surface area (Å²) in [6.45, 7) is 5.94. The Balaban J connectivity index is 1.69. The summed E-state index contributed by atoms with van der Waals surface area (Å²) < 4.78 is 7.14. The summed E-state index contributed by atoms with van der Waals surface area (Å²) in [5, 5.41) is 6.40. The lowest BCUT2D eigenvalue weighted by atomic mass is 10.1. The Morgan fingerprint density at radius 1 is 1.43 bits per heavy atom. The van der Waals surface area contributed by atoms with Crippen molar-refractivity contribution in [3.05, 3.63) is 18.2 Å². The van der Waals surface area contributed by atoms with Crippen molar-refractivity contribution in [1.82, 2.24) is 20.2 Å². The van der Waals surface area contributed by atoms with Crippen LogP contribution in [0.5, 0.6) is 0 Å². The van der Waals surface area contributed by atoms with E-state index in [1.54, 1.807) is 6.33 Å². The van der Waals surface area contributed by atoms with Crippen molar-refractivity contribution < 1.29 is 9.53 Å². The number of amides is 1. The number of nitrogens with zero attached hydrogens (tertiary/aromatic N) is 2. The van der Waals surface area contributed by atoms with Gasteiger partial charge in [0.2, 0.25) is 5.91 Å². The number of ether oxygens (including phenoxy) is 1. The molecular formula is C15H26N4O2. The maximum Gasteiger partial charge on any atom is 0.240 e. The standard InChI is InChI=1S/C15H26N4O2/c1-2-6-16-7-3-14-10-19(12-17-14)11-15(20)18-13-4-8-21-9-5-13/h10,12-13,16H,2-9,11H2,1H3,(H,18,20). The maximum absolute atomic E-state index is 12.0. The second kappa shape index (κ2) is 8.79. The molecule has 2 heterocycles. The highest BCUT2D eigenvalue weighted by molar-refractivity contribution is 5.76. The lowest BCUT2D eigenvalue weighted by molar-refractivity contribution is -0.122. The molecule has 0 spiro atoms. The van der Waals surface area contributed by atoms with Gasteiger partial charge in [0.15, 0.2) is 0 Å². The molecule has 0 aliphatic carbocycles. The molecule has 1 aliphatic heterocycles. The zero-order valence-electron chi connectivity index (χ0n) is 12.8. The summed E-state index contributed by atoms with van der Waals surface area (Å²) in [7, 11) is 0. The van der Waals surface area contributed by atoms with Crippen LogP contribution in [0, 0.1) is 0 Å². The van der Waals surface area contributed by atoms with E-state index < -0.39 is 0 Å². The van der Waals surface area contributed by atoms with Crippen molar-refractivity contribution in [3.63, 3.8) is 0 Å². The zero-order valence-corrected chi connectivity index (χ0v) is 12.8. The van der Waals surface area contributed by atoms with Crippen molar-refractivity contribution in [1.29, 1.82) is 0 Å². The maximum atomic E-state index is 12.0. The number of carbonyl (C=O) groups excluding carboxylic acids is 1. The van der Waals surface area contributed by atoms with E-state index in [9.17, 15) is 4.79 Å². The van der Waals surface area contributed by atoms with Gasteiger partial charge in [0, 0.05) is 38.4 Å². The molecule has 0 radical (unpaired) electrons. The molecule has 1 aliphatic rings. The molecule has 1 amide bonds. The van der Waals surface area contributed by atoms with Crippen LogP contribution in [0.2, 0.25) is 0 Å². The Hall–Kier alpha value is -1.40. The Morgan fingerprint density at radius 2 is 2.24 bits per heavy atom. The molecule has 1 aromatic rings. The van der Waals surface area contributed by atoms with Crippen molar-refractivity contribution in [2.24, 2.45) is 0 Å². The van der Waals surface area contributed by atoms with Gasteiger partial charge in [-0.25, -0.2) is 4.98 Å². The Bertz CT molecular complexity index is 427. The van der Waals surface area contributed by atoms with E-state index in [4.69, 9.17) is 4.74 Å². The summed E-state index contributed by atoms with van der Waals surface area (Å²) >= 11 is 0. The first kappa shape index (κ1) is 16.0. The van der Waals surface area contributed by atoms with Gasteiger partial charge in [-0.15, -0.1) is 0 Å². The van der Waals surface area contributed by atoms with Crippen LogP contribution in [0.1, 0.15) is 31.9 Å². The van der Waals surface area contributed by atoms with E-state index >= 15 is 0 Å². The van der Waals surface area contributed by atoms with Crippen LogP contribution in [0.4, 0.5) is 0 Å². The SMILES string of the molecule is CCCNCCc1cn(CC(=O)NC2CCOCC2)cn1. The van der Waals surface area contributed by atoms with Gasteiger partial charge in [-0.2, -0.15) is 0 Å². The molecule has 118 valence electrons. The number of imidazole rings is 1. The van der Waals surface area contributed by atoms with Gasteiger partial charge in [0.05, 0.1) is 12.0 Å². The topological polar surface area (TPSA) is 68.2 Å². The number of rotatable bonds is 8. The van der Waals surface area contributed by atoms with Crippen LogP contribution < -0.4 is 10.6 Å². The van der Waals surface area contributed by atoms with Gasteiger partial charge in [0.1, 0.15) is 6.54 Å². The average molecular weight is 294 g/mol. The van der Waals surface area contributed by atoms with Gasteiger partial charge in [0.25, 0.3) is 0 Å². The zero-order chi connectivity index (χ0) is 14.9. The van der Waals surface area contributed by atoms with Crippen LogP contribution in [0.3, 0.4) is 0 Å². The molecule has 0 saturated carbocycles. The highest BCUT2D eigenvalue weighted by Gasteiger charge is 2.16. The minimum Gasteiger partial charge on any atom is -0.381 e. The smallest absolute Gasteiger partial charge is 0.240 e. The van der Waals surface area contributed by atoms with E-state index in [1.807, 2.05) is 10.8 Å². The fourth-order valence-corrected chi connectivity index (χ4v) is 2.42. The van der Waals surface area contributed by atoms with Gasteiger partial charge in [-0.3, -0.25) is 4.79 Å². The Labute approximate surface area is 126 Å². The molecule has 1 aromatic heterocycles. The monoisotopic (exact) mass is 294 g/mol. The van der Waals surface area contributed by atoms with Crippen molar-refractivity contribution in [2.75, 3.05) is 26.3 Å². The third-order valence-electron chi connectivity index (χ3n) is 3.58. The predicted molar refractivity (Wildman–Crippen MR) is 81.1 cm³/mol. The summed E-state index contributed by atoms with van der Waals surface area (Å²) in [4.78, 5) is 16.3. The third-order valence-corrected chi connectivity index (χ3v) is 3.58. The molecule has 0 unspecified atom stereocenters. The summed E-state index contributed by atoms with van der Waals surface area (Å²) in [6, 6.07) is 0.257. The molecule has 1 fully saturated rings. The molecule has 6 nitrogen and oxygen atoms in total. The molecule has 2 N–H and O–H groups in total. The summed E-state index contributed by atoms with van der Waals surface area (Å²) in [5.74, 6) is 0.0509. The van der Waals surface area contributed by atoms with Crippen LogP contribution in [-0.2, 0) is 22.5 Å². The Kier molecular flexibility index (Phi) is 6.69. The fraction of sp³-hybridized carbons (Fsp3) is 0.733. The molecule has 2 rings (SSSR count). The number of aromatic nitrogens is 2. The van der Waals surface area contributed by atoms with Crippen molar-refractivity contribution in [3.8, 4) is 0 Å². The number of nitrogens with one attached hydrogen (secondary N) is 2. The lowest BCUT2D eigenvalue weighted by Gasteiger charge is -2.23. The molecular weight excluding hydrogens is 268 g/mol. The van der Waals surface area contributed by atoms with Crippen LogP contribution in [0.15, 0.2) is 12.5 Å². The number of hydrogen-bond acceptors (Lipinski definition) is 4. The predicted octanol–water partition coefficient (Wildman–Crippen LogP) is 0.720.